The molecule has 0 saturated heterocycles. The molecule has 0 aromatic heterocycles. The van der Waals surface area contributed by atoms with Crippen molar-refractivity contribution in [1.82, 2.24) is 0 Å². The molecule has 0 aromatic rings. The van der Waals surface area contributed by atoms with E-state index < -0.39 is 8.07 Å². The summed E-state index contributed by atoms with van der Waals surface area (Å²) in [5.74, 6) is 0. The molecule has 1 unspecified atom stereocenters. The van der Waals surface area contributed by atoms with Gasteiger partial charge in [0.25, 0.3) is 0 Å². The Morgan fingerprint density at radius 2 is 2.00 bits per heavy atom. The number of aliphatic hydroxyl groups excluding tert-OH is 1. The highest BCUT2D eigenvalue weighted by Gasteiger charge is 2.24. The van der Waals surface area contributed by atoms with Crippen LogP contribution in [0.4, 0.5) is 0 Å². The first-order valence-corrected chi connectivity index (χ1v) is 7.32. The van der Waals surface area contributed by atoms with Gasteiger partial charge in [-0.15, -0.1) is 6.58 Å². The first-order chi connectivity index (χ1) is 4.52. The molecule has 0 aliphatic rings. The Kier molecular flexibility index (Phi) is 3.90. The molecule has 0 aromatic carbocycles. The van der Waals surface area contributed by atoms with Crippen molar-refractivity contribution in [2.45, 2.75) is 31.6 Å². The summed E-state index contributed by atoms with van der Waals surface area (Å²) in [7, 11) is -1.13. The van der Waals surface area contributed by atoms with E-state index in [9.17, 15) is 0 Å². The van der Waals surface area contributed by atoms with Crippen molar-refractivity contribution in [3.8, 4) is 0 Å². The Morgan fingerprint density at radius 3 is 2.10 bits per heavy atom. The Hall–Kier alpha value is -0.0831. The fourth-order valence-corrected chi connectivity index (χ4v) is 2.32. The summed E-state index contributed by atoms with van der Waals surface area (Å²) in [4.78, 5) is 0. The highest BCUT2D eigenvalue weighted by atomic mass is 28.3. The van der Waals surface area contributed by atoms with Gasteiger partial charge in [-0.05, 0) is 12.0 Å². The van der Waals surface area contributed by atoms with Crippen LogP contribution in [-0.4, -0.2) is 19.8 Å². The second kappa shape index (κ2) is 3.94. The first kappa shape index (κ1) is 9.92. The standard InChI is InChI=1S/C8H18OSi/c1-5-6-8(7-9)10(2,3)4/h5,8-9H,1,6-7H2,2-4H3. The zero-order chi connectivity index (χ0) is 8.20. The van der Waals surface area contributed by atoms with E-state index in [1.54, 1.807) is 0 Å². The number of rotatable bonds is 4. The van der Waals surface area contributed by atoms with E-state index in [1.165, 1.54) is 0 Å². The number of hydrogen-bond acceptors (Lipinski definition) is 1. The van der Waals surface area contributed by atoms with E-state index in [2.05, 4.69) is 26.2 Å². The van der Waals surface area contributed by atoms with E-state index in [1.807, 2.05) is 6.08 Å². The summed E-state index contributed by atoms with van der Waals surface area (Å²) in [5, 5.41) is 8.98. The van der Waals surface area contributed by atoms with Gasteiger partial charge in [0.2, 0.25) is 0 Å². The fourth-order valence-electron chi connectivity index (χ4n) is 0.903. The SMILES string of the molecule is C=CCC(CO)[Si](C)(C)C. The molecule has 10 heavy (non-hydrogen) atoms. The van der Waals surface area contributed by atoms with Crippen LogP contribution >= 0.6 is 0 Å². The predicted molar refractivity (Wildman–Crippen MR) is 49.0 cm³/mol. The summed E-state index contributed by atoms with van der Waals surface area (Å²) < 4.78 is 0. The van der Waals surface area contributed by atoms with Crippen molar-refractivity contribution in [3.05, 3.63) is 12.7 Å². The summed E-state index contributed by atoms with van der Waals surface area (Å²) >= 11 is 0. The maximum Gasteiger partial charge on any atom is 0.0503 e. The highest BCUT2D eigenvalue weighted by molar-refractivity contribution is 6.77. The van der Waals surface area contributed by atoms with Gasteiger partial charge in [-0.2, -0.15) is 0 Å². The topological polar surface area (TPSA) is 20.2 Å². The van der Waals surface area contributed by atoms with Crippen LogP contribution in [0.1, 0.15) is 6.42 Å². The number of aliphatic hydroxyl groups is 1. The molecule has 1 N–H and O–H groups in total. The normalized spacial score (nSPS) is 14.8. The van der Waals surface area contributed by atoms with Crippen molar-refractivity contribution in [2.24, 2.45) is 0 Å². The van der Waals surface area contributed by atoms with Gasteiger partial charge in [0.15, 0.2) is 0 Å². The van der Waals surface area contributed by atoms with E-state index >= 15 is 0 Å². The molecule has 0 fully saturated rings. The lowest BCUT2D eigenvalue weighted by molar-refractivity contribution is 0.286. The van der Waals surface area contributed by atoms with Crippen molar-refractivity contribution in [2.75, 3.05) is 6.61 Å². The first-order valence-electron chi connectivity index (χ1n) is 3.74. The van der Waals surface area contributed by atoms with E-state index in [4.69, 9.17) is 5.11 Å². The Balaban J connectivity index is 3.92. The van der Waals surface area contributed by atoms with Gasteiger partial charge in [-0.25, -0.2) is 0 Å². The van der Waals surface area contributed by atoms with Gasteiger partial charge in [0.1, 0.15) is 0 Å². The fraction of sp³-hybridized carbons (Fsp3) is 0.750. The largest absolute Gasteiger partial charge is 0.396 e. The molecule has 1 atom stereocenters. The molecule has 60 valence electrons. The minimum atomic E-state index is -1.13. The van der Waals surface area contributed by atoms with Gasteiger partial charge >= 0.3 is 0 Å². The van der Waals surface area contributed by atoms with Crippen LogP contribution in [0.2, 0.25) is 25.2 Å². The van der Waals surface area contributed by atoms with Crippen molar-refractivity contribution < 1.29 is 5.11 Å². The Labute approximate surface area is 64.8 Å². The Morgan fingerprint density at radius 1 is 1.50 bits per heavy atom. The summed E-state index contributed by atoms with van der Waals surface area (Å²) in [5.41, 5.74) is 0.491. The van der Waals surface area contributed by atoms with Gasteiger partial charge in [-0.1, -0.05) is 25.7 Å². The minimum absolute atomic E-state index is 0.321. The van der Waals surface area contributed by atoms with Gasteiger partial charge in [-0.3, -0.25) is 0 Å². The lowest BCUT2D eigenvalue weighted by Crippen LogP contribution is -2.30. The maximum absolute atomic E-state index is 8.98. The molecule has 2 heteroatoms. The molecular weight excluding hydrogens is 140 g/mol. The van der Waals surface area contributed by atoms with E-state index in [0.717, 1.165) is 6.42 Å². The quantitative estimate of drug-likeness (QED) is 0.491. The molecule has 0 aliphatic heterocycles. The predicted octanol–water partition coefficient (Wildman–Crippen LogP) is 2.26. The molecule has 0 radical (unpaired) electrons. The summed E-state index contributed by atoms with van der Waals surface area (Å²) in [6.45, 7) is 10.8. The molecule has 0 saturated carbocycles. The zero-order valence-corrected chi connectivity index (χ0v) is 8.22. The van der Waals surface area contributed by atoms with Crippen LogP contribution < -0.4 is 0 Å². The lowest BCUT2D eigenvalue weighted by Gasteiger charge is -2.25. The van der Waals surface area contributed by atoms with Crippen molar-refractivity contribution in [3.63, 3.8) is 0 Å². The van der Waals surface area contributed by atoms with Crippen LogP contribution in [0.3, 0.4) is 0 Å². The average Bonchev–Trinajstić information content (AvgIpc) is 1.80. The zero-order valence-electron chi connectivity index (χ0n) is 7.22. The number of allylic oxidation sites excluding steroid dienone is 1. The molecule has 0 amide bonds. The second-order valence-corrected chi connectivity index (χ2v) is 9.32. The third-order valence-electron chi connectivity index (χ3n) is 1.90. The van der Waals surface area contributed by atoms with Gasteiger partial charge < -0.3 is 5.11 Å². The average molecular weight is 158 g/mol. The van der Waals surface area contributed by atoms with Crippen LogP contribution in [0.15, 0.2) is 12.7 Å². The highest BCUT2D eigenvalue weighted by Crippen LogP contribution is 2.24. The smallest absolute Gasteiger partial charge is 0.0503 e. The molecule has 0 bridgehead atoms. The lowest BCUT2D eigenvalue weighted by atomic mass is 10.3. The molecule has 0 aliphatic carbocycles. The molecule has 0 spiro atoms. The third kappa shape index (κ3) is 3.18. The number of hydrogen-bond donors (Lipinski definition) is 1. The van der Waals surface area contributed by atoms with Gasteiger partial charge in [0, 0.05) is 6.61 Å². The van der Waals surface area contributed by atoms with Crippen molar-refractivity contribution in [1.29, 1.82) is 0 Å². The van der Waals surface area contributed by atoms with Crippen LogP contribution in [-0.2, 0) is 0 Å². The molecule has 1 nitrogen and oxygen atoms in total. The summed E-state index contributed by atoms with van der Waals surface area (Å²) in [6, 6.07) is 0. The monoisotopic (exact) mass is 158 g/mol. The van der Waals surface area contributed by atoms with Crippen LogP contribution in [0, 0.1) is 0 Å². The maximum atomic E-state index is 8.98. The van der Waals surface area contributed by atoms with E-state index in [-0.39, 0.29) is 0 Å². The van der Waals surface area contributed by atoms with Crippen molar-refractivity contribution >= 4 is 8.07 Å². The molecule has 0 heterocycles. The van der Waals surface area contributed by atoms with Gasteiger partial charge in [0.05, 0.1) is 8.07 Å². The van der Waals surface area contributed by atoms with E-state index in [0.29, 0.717) is 12.1 Å². The molecule has 0 rings (SSSR count). The second-order valence-electron chi connectivity index (χ2n) is 3.77. The molecular formula is C8H18OSi. The van der Waals surface area contributed by atoms with Crippen LogP contribution in [0.25, 0.3) is 0 Å². The van der Waals surface area contributed by atoms with Crippen LogP contribution in [0.5, 0.6) is 0 Å². The minimum Gasteiger partial charge on any atom is -0.396 e. The third-order valence-corrected chi connectivity index (χ3v) is 4.76. The summed E-state index contributed by atoms with van der Waals surface area (Å²) in [6.07, 6.45) is 2.87. The Bertz CT molecular complexity index is 104.